The third-order valence-electron chi connectivity index (χ3n) is 6.31. The average molecular weight is 410 g/mol. The van der Waals surface area contributed by atoms with Crippen molar-refractivity contribution in [2.45, 2.75) is 71.2 Å². The summed E-state index contributed by atoms with van der Waals surface area (Å²) in [5.41, 5.74) is 1.40. The molecular weight excluding hydrogens is 378 g/mol. The number of rotatable bonds is 3. The van der Waals surface area contributed by atoms with E-state index in [-0.39, 0.29) is 23.9 Å². The quantitative estimate of drug-likeness (QED) is 0.529. The molecule has 3 aliphatic rings. The molecule has 7 heteroatoms. The van der Waals surface area contributed by atoms with Crippen LogP contribution in [0.25, 0.3) is 0 Å². The van der Waals surface area contributed by atoms with Crippen LogP contribution in [-0.2, 0) is 30.0 Å². The highest BCUT2D eigenvalue weighted by atomic mass is 32.2. The first kappa shape index (κ1) is 21.2. The zero-order valence-electron chi connectivity index (χ0n) is 18.0. The van der Waals surface area contributed by atoms with Crippen LogP contribution in [0.3, 0.4) is 0 Å². The van der Waals surface area contributed by atoms with E-state index in [2.05, 4.69) is 18.2 Å². The van der Waals surface area contributed by atoms with Gasteiger partial charge in [-0.15, -0.1) is 0 Å². The highest BCUT2D eigenvalue weighted by molar-refractivity contribution is 7.84. The van der Waals surface area contributed by atoms with Crippen molar-refractivity contribution in [3.8, 4) is 0 Å². The minimum absolute atomic E-state index is 0.0262. The molecule has 1 aliphatic carbocycles. The Kier molecular flexibility index (Phi) is 4.95. The Hall–Kier alpha value is -1.47. The van der Waals surface area contributed by atoms with Crippen LogP contribution < -0.4 is 0 Å². The fourth-order valence-electron chi connectivity index (χ4n) is 4.96. The van der Waals surface area contributed by atoms with Crippen LogP contribution >= 0.6 is 0 Å². The van der Waals surface area contributed by atoms with E-state index in [9.17, 15) is 13.8 Å². The lowest BCUT2D eigenvalue weighted by molar-refractivity contribution is -0.164. The van der Waals surface area contributed by atoms with E-state index in [1.165, 1.54) is 14.2 Å². The Balaban J connectivity index is 2.22. The molecule has 6 nitrogen and oxygen atoms in total. The fourth-order valence-corrected chi connectivity index (χ4v) is 6.65. The summed E-state index contributed by atoms with van der Waals surface area (Å²) in [5, 5.41) is 0. The van der Waals surface area contributed by atoms with Crippen LogP contribution in [0.4, 0.5) is 0 Å². The van der Waals surface area contributed by atoms with Gasteiger partial charge in [-0.05, 0) is 50.7 Å². The molecule has 0 radical (unpaired) electrons. The SMILES string of the molecule is COC(=O)C1(C(=O)OC)C=C2C(=C(C)C3CC(C)(C)C2N3S(=O)C(C)(C)C)C1. The second-order valence-corrected chi connectivity index (χ2v) is 11.9. The summed E-state index contributed by atoms with van der Waals surface area (Å²) in [7, 11) is 1.35. The van der Waals surface area contributed by atoms with Gasteiger partial charge in [0.1, 0.15) is 11.0 Å². The van der Waals surface area contributed by atoms with Crippen molar-refractivity contribution >= 4 is 22.9 Å². The molecule has 3 atom stereocenters. The van der Waals surface area contributed by atoms with Gasteiger partial charge in [0, 0.05) is 12.5 Å². The molecule has 3 unspecified atom stereocenters. The first-order chi connectivity index (χ1) is 12.8. The lowest BCUT2D eigenvalue weighted by atomic mass is 9.80. The Bertz CT molecular complexity index is 801. The molecular formula is C21H31NO5S. The van der Waals surface area contributed by atoms with Gasteiger partial charge in [0.15, 0.2) is 5.41 Å². The van der Waals surface area contributed by atoms with Crippen LogP contribution in [0.5, 0.6) is 0 Å². The topological polar surface area (TPSA) is 72.9 Å². The van der Waals surface area contributed by atoms with Gasteiger partial charge in [-0.2, -0.15) is 0 Å². The molecule has 2 heterocycles. The van der Waals surface area contributed by atoms with Gasteiger partial charge in [0.25, 0.3) is 0 Å². The summed E-state index contributed by atoms with van der Waals surface area (Å²) < 4.78 is 25.1. The van der Waals surface area contributed by atoms with Crippen molar-refractivity contribution < 1.29 is 23.3 Å². The highest BCUT2D eigenvalue weighted by Crippen LogP contribution is 2.58. The van der Waals surface area contributed by atoms with E-state index >= 15 is 0 Å². The number of methoxy groups -OCH3 is 2. The number of esters is 2. The summed E-state index contributed by atoms with van der Waals surface area (Å²) in [6.07, 6.45) is 2.85. The van der Waals surface area contributed by atoms with Gasteiger partial charge in [0.05, 0.1) is 25.0 Å². The summed E-state index contributed by atoms with van der Waals surface area (Å²) in [6, 6.07) is -0.106. The summed E-state index contributed by atoms with van der Waals surface area (Å²) in [6.45, 7) is 12.3. The van der Waals surface area contributed by atoms with E-state index in [1.807, 2.05) is 27.7 Å². The van der Waals surface area contributed by atoms with E-state index in [0.29, 0.717) is 0 Å². The van der Waals surface area contributed by atoms with Gasteiger partial charge in [0.2, 0.25) is 0 Å². The lowest BCUT2D eigenvalue weighted by Crippen LogP contribution is -2.50. The average Bonchev–Trinajstić information content (AvgIpc) is 3.12. The zero-order chi connectivity index (χ0) is 21.2. The van der Waals surface area contributed by atoms with Gasteiger partial charge in [-0.1, -0.05) is 25.5 Å². The normalized spacial score (nSPS) is 29.2. The molecule has 2 aliphatic heterocycles. The van der Waals surface area contributed by atoms with E-state index in [4.69, 9.17) is 9.47 Å². The maximum atomic E-state index is 13.4. The second kappa shape index (κ2) is 6.52. The Morgan fingerprint density at radius 2 is 1.71 bits per heavy atom. The molecule has 1 saturated heterocycles. The summed E-state index contributed by atoms with van der Waals surface area (Å²) >= 11 is 0. The maximum Gasteiger partial charge on any atom is 0.327 e. The molecule has 0 aromatic carbocycles. The van der Waals surface area contributed by atoms with Crippen molar-refractivity contribution in [1.29, 1.82) is 0 Å². The third kappa shape index (κ3) is 2.81. The van der Waals surface area contributed by atoms with Crippen LogP contribution in [0.2, 0.25) is 0 Å². The predicted molar refractivity (Wildman–Crippen MR) is 108 cm³/mol. The maximum absolute atomic E-state index is 13.4. The molecule has 3 rings (SSSR count). The van der Waals surface area contributed by atoms with Crippen LogP contribution in [0.15, 0.2) is 22.8 Å². The molecule has 28 heavy (non-hydrogen) atoms. The van der Waals surface area contributed by atoms with Crippen molar-refractivity contribution in [3.05, 3.63) is 22.8 Å². The third-order valence-corrected chi connectivity index (χ3v) is 8.21. The number of nitrogens with zero attached hydrogens (tertiary/aromatic N) is 1. The number of hydrogen-bond donors (Lipinski definition) is 0. The van der Waals surface area contributed by atoms with Crippen molar-refractivity contribution in [3.63, 3.8) is 0 Å². The minimum atomic E-state index is -1.47. The molecule has 0 spiro atoms. The van der Waals surface area contributed by atoms with E-state index < -0.39 is 33.1 Å². The first-order valence-corrected chi connectivity index (χ1v) is 10.7. The predicted octanol–water partition coefficient (Wildman–Crippen LogP) is 2.91. The van der Waals surface area contributed by atoms with E-state index in [0.717, 1.165) is 23.1 Å². The molecule has 156 valence electrons. The van der Waals surface area contributed by atoms with Crippen molar-refractivity contribution in [2.75, 3.05) is 14.2 Å². The number of carbonyl (C=O) groups excluding carboxylic acids is 2. The van der Waals surface area contributed by atoms with Crippen LogP contribution in [-0.4, -0.2) is 51.5 Å². The van der Waals surface area contributed by atoms with Gasteiger partial charge in [-0.3, -0.25) is 9.59 Å². The Morgan fingerprint density at radius 3 is 2.18 bits per heavy atom. The number of carbonyl (C=O) groups is 2. The first-order valence-electron chi connectivity index (χ1n) is 9.62. The molecule has 2 bridgehead atoms. The summed E-state index contributed by atoms with van der Waals surface area (Å²) in [5.74, 6) is -1.22. The zero-order valence-corrected chi connectivity index (χ0v) is 18.9. The van der Waals surface area contributed by atoms with Crippen LogP contribution in [0.1, 0.15) is 54.4 Å². The molecule has 0 amide bonds. The molecule has 0 saturated carbocycles. The van der Waals surface area contributed by atoms with Crippen molar-refractivity contribution in [1.82, 2.24) is 4.31 Å². The van der Waals surface area contributed by atoms with Crippen molar-refractivity contribution in [2.24, 2.45) is 10.8 Å². The second-order valence-electron chi connectivity index (χ2n) is 9.72. The van der Waals surface area contributed by atoms with Gasteiger partial charge >= 0.3 is 11.9 Å². The fraction of sp³-hybridized carbons (Fsp3) is 0.714. The smallest absolute Gasteiger partial charge is 0.327 e. The number of fused-ring (bicyclic) bond motifs is 4. The van der Waals surface area contributed by atoms with Gasteiger partial charge in [-0.25, -0.2) is 8.51 Å². The highest BCUT2D eigenvalue weighted by Gasteiger charge is 2.61. The number of hydrogen-bond acceptors (Lipinski definition) is 5. The van der Waals surface area contributed by atoms with Crippen LogP contribution in [0, 0.1) is 10.8 Å². The molecule has 0 N–H and O–H groups in total. The minimum Gasteiger partial charge on any atom is -0.468 e. The number of ether oxygens (including phenoxy) is 2. The Morgan fingerprint density at radius 1 is 1.18 bits per heavy atom. The summed E-state index contributed by atoms with van der Waals surface area (Å²) in [4.78, 5) is 25.3. The lowest BCUT2D eigenvalue weighted by Gasteiger charge is -2.41. The van der Waals surface area contributed by atoms with Gasteiger partial charge < -0.3 is 9.47 Å². The molecule has 0 aromatic rings. The monoisotopic (exact) mass is 409 g/mol. The largest absolute Gasteiger partial charge is 0.468 e. The molecule has 0 aromatic heterocycles. The Labute approximate surface area is 169 Å². The standard InChI is InChI=1S/C21H31NO5S/c1-12-13-9-21(17(23)26-7,18(24)27-8)10-14(13)16-20(5,6)11-15(12)22(16)28(25)19(2,3)4/h10,15-16H,9,11H2,1-8H3. The van der Waals surface area contributed by atoms with E-state index in [1.54, 1.807) is 6.08 Å². The molecule has 1 fully saturated rings.